The number of amides is 2. The molecule has 0 fully saturated rings. The van der Waals surface area contributed by atoms with Crippen molar-refractivity contribution in [1.29, 1.82) is 0 Å². The summed E-state index contributed by atoms with van der Waals surface area (Å²) in [6, 6.07) is 9.42. The zero-order valence-electron chi connectivity index (χ0n) is 13.8. The monoisotopic (exact) mass is 389 g/mol. The quantitative estimate of drug-likeness (QED) is 0.821. The highest BCUT2D eigenvalue weighted by molar-refractivity contribution is 9.10. The van der Waals surface area contributed by atoms with Crippen LogP contribution in [-0.2, 0) is 16.1 Å². The van der Waals surface area contributed by atoms with Crippen LogP contribution in [0, 0.1) is 6.92 Å². The van der Waals surface area contributed by atoms with E-state index in [1.807, 2.05) is 37.3 Å². The lowest BCUT2D eigenvalue weighted by Crippen LogP contribution is -2.31. The van der Waals surface area contributed by atoms with E-state index < -0.39 is 0 Å². The molecular weight excluding hydrogens is 370 g/mol. The van der Waals surface area contributed by atoms with Gasteiger partial charge in [-0.05, 0) is 42.3 Å². The first-order valence-electron chi connectivity index (χ1n) is 7.66. The average molecular weight is 390 g/mol. The number of carbonyl (C=O) groups excluding carboxylic acids is 2. The van der Waals surface area contributed by atoms with Gasteiger partial charge in [0, 0.05) is 49.0 Å². The predicted octanol–water partition coefficient (Wildman–Crippen LogP) is 3.53. The van der Waals surface area contributed by atoms with Gasteiger partial charge in [-0.2, -0.15) is 0 Å². The van der Waals surface area contributed by atoms with Crippen LogP contribution in [0.25, 0.3) is 0 Å². The van der Waals surface area contributed by atoms with Crippen LogP contribution in [0.3, 0.4) is 0 Å². The van der Waals surface area contributed by atoms with E-state index in [4.69, 9.17) is 0 Å². The second-order valence-electron chi connectivity index (χ2n) is 5.56. The second-order valence-corrected chi connectivity index (χ2v) is 6.47. The molecule has 0 aliphatic heterocycles. The number of halogens is 1. The molecule has 1 N–H and O–H groups in total. The topological polar surface area (TPSA) is 62.3 Å². The van der Waals surface area contributed by atoms with Gasteiger partial charge in [0.15, 0.2) is 0 Å². The Labute approximate surface area is 150 Å². The van der Waals surface area contributed by atoms with Gasteiger partial charge in [-0.1, -0.05) is 22.0 Å². The van der Waals surface area contributed by atoms with Gasteiger partial charge in [-0.15, -0.1) is 0 Å². The molecule has 24 heavy (non-hydrogen) atoms. The Bertz CT molecular complexity index is 719. The number of pyridine rings is 1. The fourth-order valence-corrected chi connectivity index (χ4v) is 2.75. The average Bonchev–Trinajstić information content (AvgIpc) is 2.55. The molecule has 0 spiro atoms. The van der Waals surface area contributed by atoms with E-state index >= 15 is 0 Å². The number of hydrogen-bond acceptors (Lipinski definition) is 3. The van der Waals surface area contributed by atoms with Crippen molar-refractivity contribution in [2.75, 3.05) is 11.9 Å². The molecule has 0 saturated carbocycles. The number of aryl methyl sites for hydroxylation is 1. The Balaban J connectivity index is 1.91. The summed E-state index contributed by atoms with van der Waals surface area (Å²) in [6.45, 7) is 4.26. The lowest BCUT2D eigenvalue weighted by molar-refractivity contribution is -0.129. The molecule has 2 aromatic rings. The molecule has 0 bridgehead atoms. The zero-order chi connectivity index (χ0) is 17.5. The van der Waals surface area contributed by atoms with Crippen molar-refractivity contribution in [1.82, 2.24) is 9.88 Å². The highest BCUT2D eigenvalue weighted by Gasteiger charge is 2.12. The van der Waals surface area contributed by atoms with Gasteiger partial charge in [-0.25, -0.2) is 0 Å². The maximum absolute atomic E-state index is 12.2. The summed E-state index contributed by atoms with van der Waals surface area (Å²) in [7, 11) is 0. The van der Waals surface area contributed by atoms with Crippen molar-refractivity contribution in [2.45, 2.75) is 26.8 Å². The van der Waals surface area contributed by atoms with Gasteiger partial charge in [0.05, 0.1) is 0 Å². The largest absolute Gasteiger partial charge is 0.338 e. The Hall–Kier alpha value is -2.21. The highest BCUT2D eigenvalue weighted by atomic mass is 79.9. The van der Waals surface area contributed by atoms with E-state index in [-0.39, 0.29) is 18.2 Å². The molecule has 0 aliphatic carbocycles. The number of benzene rings is 1. The van der Waals surface area contributed by atoms with Crippen molar-refractivity contribution < 1.29 is 9.59 Å². The molecule has 0 radical (unpaired) electrons. The van der Waals surface area contributed by atoms with Crippen LogP contribution < -0.4 is 5.32 Å². The van der Waals surface area contributed by atoms with Gasteiger partial charge >= 0.3 is 0 Å². The molecule has 1 aromatic heterocycles. The van der Waals surface area contributed by atoms with E-state index in [1.165, 1.54) is 6.92 Å². The van der Waals surface area contributed by atoms with Crippen LogP contribution in [0.5, 0.6) is 0 Å². The SMILES string of the molecule is CC(=O)N(CCC(=O)Nc1ccc(Br)cc1C)Cc1cccnc1. The van der Waals surface area contributed by atoms with E-state index in [0.29, 0.717) is 13.1 Å². The van der Waals surface area contributed by atoms with Crippen LogP contribution in [0.15, 0.2) is 47.2 Å². The van der Waals surface area contributed by atoms with Crippen LogP contribution in [0.4, 0.5) is 5.69 Å². The molecule has 126 valence electrons. The molecule has 1 heterocycles. The molecule has 6 heteroatoms. The third kappa shape index (κ3) is 5.45. The smallest absolute Gasteiger partial charge is 0.226 e. The minimum atomic E-state index is -0.113. The molecule has 0 saturated heterocycles. The van der Waals surface area contributed by atoms with Crippen LogP contribution in [0.2, 0.25) is 0 Å². The lowest BCUT2D eigenvalue weighted by atomic mass is 10.2. The fourth-order valence-electron chi connectivity index (χ4n) is 2.28. The molecule has 0 atom stereocenters. The summed E-state index contributed by atoms with van der Waals surface area (Å²) in [4.78, 5) is 29.6. The number of hydrogen-bond donors (Lipinski definition) is 1. The first-order valence-corrected chi connectivity index (χ1v) is 8.45. The van der Waals surface area contributed by atoms with Crippen molar-refractivity contribution in [3.8, 4) is 0 Å². The number of anilines is 1. The first kappa shape index (κ1) is 18.1. The third-order valence-electron chi connectivity index (χ3n) is 3.61. The maximum atomic E-state index is 12.2. The van der Waals surface area contributed by atoms with Crippen LogP contribution in [-0.4, -0.2) is 28.2 Å². The zero-order valence-corrected chi connectivity index (χ0v) is 15.3. The summed E-state index contributed by atoms with van der Waals surface area (Å²) in [6.07, 6.45) is 3.66. The number of rotatable bonds is 6. The molecule has 2 rings (SSSR count). The molecule has 0 aliphatic rings. The lowest BCUT2D eigenvalue weighted by Gasteiger charge is -2.21. The van der Waals surface area contributed by atoms with Gasteiger partial charge in [0.2, 0.25) is 11.8 Å². The van der Waals surface area contributed by atoms with Crippen molar-refractivity contribution >= 4 is 33.4 Å². The van der Waals surface area contributed by atoms with E-state index in [2.05, 4.69) is 26.2 Å². The molecule has 0 unspecified atom stereocenters. The van der Waals surface area contributed by atoms with Crippen molar-refractivity contribution in [2.24, 2.45) is 0 Å². The van der Waals surface area contributed by atoms with Gasteiger partial charge in [0.25, 0.3) is 0 Å². The van der Waals surface area contributed by atoms with Crippen LogP contribution >= 0.6 is 15.9 Å². The summed E-state index contributed by atoms with van der Waals surface area (Å²) in [5.41, 5.74) is 2.71. The van der Waals surface area contributed by atoms with E-state index in [9.17, 15) is 9.59 Å². The molecule has 1 aromatic carbocycles. The first-order chi connectivity index (χ1) is 11.5. The van der Waals surface area contributed by atoms with Crippen LogP contribution in [0.1, 0.15) is 24.5 Å². The second kappa shape index (κ2) is 8.59. The Morgan fingerprint density at radius 3 is 2.71 bits per heavy atom. The van der Waals surface area contributed by atoms with Gasteiger partial charge in [0.1, 0.15) is 0 Å². The highest BCUT2D eigenvalue weighted by Crippen LogP contribution is 2.20. The summed E-state index contributed by atoms with van der Waals surface area (Å²) in [5.74, 6) is -0.177. The Kier molecular flexibility index (Phi) is 6.49. The molecule has 5 nitrogen and oxygen atoms in total. The molecular formula is C18H20BrN3O2. The number of nitrogens with one attached hydrogen (secondary N) is 1. The summed E-state index contributed by atoms with van der Waals surface area (Å²) < 4.78 is 0.970. The number of aromatic nitrogens is 1. The van der Waals surface area contributed by atoms with Gasteiger partial charge < -0.3 is 10.2 Å². The minimum absolute atomic E-state index is 0.0634. The van der Waals surface area contributed by atoms with E-state index in [0.717, 1.165) is 21.3 Å². The maximum Gasteiger partial charge on any atom is 0.226 e. The number of carbonyl (C=O) groups is 2. The fraction of sp³-hybridized carbons (Fsp3) is 0.278. The number of nitrogens with zero attached hydrogens (tertiary/aromatic N) is 2. The third-order valence-corrected chi connectivity index (χ3v) is 4.11. The summed E-state index contributed by atoms with van der Waals surface area (Å²) in [5, 5.41) is 2.89. The Morgan fingerprint density at radius 1 is 1.29 bits per heavy atom. The Morgan fingerprint density at radius 2 is 2.08 bits per heavy atom. The van der Waals surface area contributed by atoms with Gasteiger partial charge in [-0.3, -0.25) is 14.6 Å². The van der Waals surface area contributed by atoms with E-state index in [1.54, 1.807) is 17.3 Å². The predicted molar refractivity (Wildman–Crippen MR) is 97.5 cm³/mol. The standard InChI is InChI=1S/C18H20BrN3O2/c1-13-10-16(19)5-6-17(13)21-18(24)7-9-22(14(2)23)12-15-4-3-8-20-11-15/h3-6,8,10-11H,7,9,12H2,1-2H3,(H,21,24). The van der Waals surface area contributed by atoms with Crippen molar-refractivity contribution in [3.05, 3.63) is 58.3 Å². The minimum Gasteiger partial charge on any atom is -0.338 e. The molecule has 2 amide bonds. The van der Waals surface area contributed by atoms with Crippen molar-refractivity contribution in [3.63, 3.8) is 0 Å². The summed E-state index contributed by atoms with van der Waals surface area (Å²) >= 11 is 3.40. The normalized spacial score (nSPS) is 10.3.